The van der Waals surface area contributed by atoms with Crippen LogP contribution in [-0.4, -0.2) is 51.2 Å². The summed E-state index contributed by atoms with van der Waals surface area (Å²) in [5.74, 6) is 3.71. The second-order valence-corrected chi connectivity index (χ2v) is 18.4. The molecule has 0 saturated carbocycles. The zero-order chi connectivity index (χ0) is 32.8. The summed E-state index contributed by atoms with van der Waals surface area (Å²) in [5.41, 5.74) is 2.13. The van der Waals surface area contributed by atoms with Crippen LogP contribution >= 0.6 is 0 Å². The largest absolute Gasteiger partial charge is 0.497 e. The number of hydrogen-bond acceptors (Lipinski definition) is 6. The summed E-state index contributed by atoms with van der Waals surface area (Å²) in [4.78, 5) is 12.9. The fourth-order valence-electron chi connectivity index (χ4n) is 4.92. The average molecular weight is 625 g/mol. The number of hydrogen-bond donors (Lipinski definition) is 1. The highest BCUT2D eigenvalue weighted by atomic mass is 28.4. The van der Waals surface area contributed by atoms with Crippen LogP contribution < -0.4 is 4.74 Å². The molecule has 0 radical (unpaired) electrons. The second-order valence-electron chi connectivity index (χ2n) is 13.7. The molecule has 2 aromatic rings. The van der Waals surface area contributed by atoms with Crippen molar-refractivity contribution in [2.45, 2.75) is 116 Å². The normalized spacial score (nSPS) is 15.5. The van der Waals surface area contributed by atoms with Gasteiger partial charge in [0.1, 0.15) is 11.5 Å². The first-order valence-corrected chi connectivity index (χ1v) is 18.8. The standard InChI is InChI=1S/C37H56O6Si/c1-10-14-35(42-27-31-18-21-34(40-7)22-19-31)24-33(39)23-32(38)20-17-28(2)36(43-44(8,9)37(4,5)6)29(3)25-41-26-30-15-12-11-13-16-30/h1,11-13,15-16,18-19,21-22,28-29,32,35-36,38H,14,17,20,23-27H2,2-9H3/t28-,29-,32+,35+,36+/m1/s1. The van der Waals surface area contributed by atoms with E-state index in [0.29, 0.717) is 32.7 Å². The summed E-state index contributed by atoms with van der Waals surface area (Å²) in [7, 11) is -0.426. The van der Waals surface area contributed by atoms with Crippen molar-refractivity contribution >= 4 is 14.1 Å². The van der Waals surface area contributed by atoms with Crippen LogP contribution in [0.5, 0.6) is 5.75 Å². The van der Waals surface area contributed by atoms with E-state index in [2.05, 4.69) is 65.8 Å². The lowest BCUT2D eigenvalue weighted by Gasteiger charge is -2.43. The van der Waals surface area contributed by atoms with E-state index < -0.39 is 14.4 Å². The molecule has 0 aliphatic carbocycles. The van der Waals surface area contributed by atoms with E-state index >= 15 is 0 Å². The van der Waals surface area contributed by atoms with Crippen LogP contribution in [0.15, 0.2) is 54.6 Å². The maximum atomic E-state index is 12.9. The quantitative estimate of drug-likeness (QED) is 0.119. The minimum Gasteiger partial charge on any atom is -0.497 e. The molecule has 0 aliphatic rings. The molecule has 2 aromatic carbocycles. The fourth-order valence-corrected chi connectivity index (χ4v) is 6.42. The number of aliphatic hydroxyl groups excluding tert-OH is 1. The molecule has 6 nitrogen and oxygen atoms in total. The van der Waals surface area contributed by atoms with Gasteiger partial charge in [-0.05, 0) is 60.2 Å². The number of benzene rings is 2. The van der Waals surface area contributed by atoms with Gasteiger partial charge in [0.05, 0.1) is 45.2 Å². The third-order valence-corrected chi connectivity index (χ3v) is 13.2. The number of carbonyl (C=O) groups is 1. The van der Waals surface area contributed by atoms with E-state index in [4.69, 9.17) is 25.1 Å². The van der Waals surface area contributed by atoms with Crippen LogP contribution in [0.25, 0.3) is 0 Å². The Morgan fingerprint density at radius 2 is 1.57 bits per heavy atom. The highest BCUT2D eigenvalue weighted by molar-refractivity contribution is 6.74. The molecule has 0 amide bonds. The molecule has 0 fully saturated rings. The van der Waals surface area contributed by atoms with Gasteiger partial charge in [-0.15, -0.1) is 12.3 Å². The Kier molecular flexibility index (Phi) is 15.8. The van der Waals surface area contributed by atoms with E-state index in [1.807, 2.05) is 42.5 Å². The van der Waals surface area contributed by atoms with Gasteiger partial charge in [0.15, 0.2) is 8.32 Å². The van der Waals surface area contributed by atoms with Gasteiger partial charge in [-0.25, -0.2) is 0 Å². The Hall–Kier alpha value is -2.47. The molecule has 0 aromatic heterocycles. The minimum absolute atomic E-state index is 0.0130. The Morgan fingerprint density at radius 3 is 2.16 bits per heavy atom. The number of ketones is 1. The van der Waals surface area contributed by atoms with Crippen LogP contribution in [-0.2, 0) is 31.9 Å². The molecule has 0 unspecified atom stereocenters. The summed E-state index contributed by atoms with van der Waals surface area (Å²) < 4.78 is 24.3. The SMILES string of the molecule is C#CC[C@@H](CC(=O)C[C@@H](O)CC[C@@H](C)[C@H](O[Si](C)(C)C(C)(C)C)[C@H](C)COCc1ccccc1)OCc1ccc(OC)cc1. The third-order valence-electron chi connectivity index (χ3n) is 8.72. The lowest BCUT2D eigenvalue weighted by atomic mass is 9.89. The molecule has 7 heteroatoms. The molecule has 0 aliphatic heterocycles. The van der Waals surface area contributed by atoms with E-state index in [1.165, 1.54) is 0 Å². The molecule has 2 rings (SSSR count). The van der Waals surface area contributed by atoms with Gasteiger partial charge in [0.2, 0.25) is 0 Å². The number of Topliss-reactive ketones (excluding diaryl/α,β-unsaturated/α-hetero) is 1. The molecule has 5 atom stereocenters. The highest BCUT2D eigenvalue weighted by Crippen LogP contribution is 2.39. The first-order valence-electron chi connectivity index (χ1n) is 15.9. The van der Waals surface area contributed by atoms with Crippen molar-refractivity contribution in [1.82, 2.24) is 0 Å². The van der Waals surface area contributed by atoms with Crippen LogP contribution in [0.4, 0.5) is 0 Å². The number of methoxy groups -OCH3 is 1. The van der Waals surface area contributed by atoms with Crippen molar-refractivity contribution in [3.63, 3.8) is 0 Å². The number of aliphatic hydroxyl groups is 1. The van der Waals surface area contributed by atoms with Gasteiger partial charge >= 0.3 is 0 Å². The first kappa shape index (κ1) is 37.7. The Balaban J connectivity index is 1.92. The van der Waals surface area contributed by atoms with Gasteiger partial charge in [-0.1, -0.05) is 77.1 Å². The predicted molar refractivity (Wildman–Crippen MR) is 181 cm³/mol. The van der Waals surface area contributed by atoms with Gasteiger partial charge in [-0.2, -0.15) is 0 Å². The number of terminal acetylenes is 1. The van der Waals surface area contributed by atoms with Crippen LogP contribution in [0.2, 0.25) is 18.1 Å². The molecule has 0 saturated heterocycles. The maximum Gasteiger partial charge on any atom is 0.192 e. The predicted octanol–water partition coefficient (Wildman–Crippen LogP) is 7.97. The van der Waals surface area contributed by atoms with Crippen molar-refractivity contribution in [1.29, 1.82) is 0 Å². The summed E-state index contributed by atoms with van der Waals surface area (Å²) in [5, 5.41) is 10.9. The summed E-state index contributed by atoms with van der Waals surface area (Å²) in [6.45, 7) is 17.2. The number of rotatable bonds is 20. The van der Waals surface area contributed by atoms with Gasteiger partial charge < -0.3 is 23.7 Å². The molecule has 0 bridgehead atoms. The summed E-state index contributed by atoms with van der Waals surface area (Å²) >= 11 is 0. The third kappa shape index (κ3) is 13.3. The van der Waals surface area contributed by atoms with Gasteiger partial charge in [0, 0.05) is 25.2 Å². The highest BCUT2D eigenvalue weighted by Gasteiger charge is 2.41. The molecule has 0 heterocycles. The lowest BCUT2D eigenvalue weighted by Crippen LogP contribution is -2.48. The molecular weight excluding hydrogens is 568 g/mol. The molecule has 44 heavy (non-hydrogen) atoms. The van der Waals surface area contributed by atoms with Crippen molar-refractivity contribution in [2.24, 2.45) is 11.8 Å². The molecular formula is C37H56O6Si. The molecule has 1 N–H and O–H groups in total. The smallest absolute Gasteiger partial charge is 0.192 e. The summed E-state index contributed by atoms with van der Waals surface area (Å²) in [6, 6.07) is 17.8. The number of carbonyl (C=O) groups excluding carboxylic acids is 1. The summed E-state index contributed by atoms with van der Waals surface area (Å²) in [6.07, 6.45) is 6.30. The van der Waals surface area contributed by atoms with Crippen molar-refractivity contribution in [3.05, 3.63) is 65.7 Å². The first-order chi connectivity index (χ1) is 20.8. The Bertz CT molecular complexity index is 1140. The van der Waals surface area contributed by atoms with Crippen LogP contribution in [0, 0.1) is 24.2 Å². The Labute approximate surface area is 268 Å². The Morgan fingerprint density at radius 1 is 0.932 bits per heavy atom. The molecule has 244 valence electrons. The number of ether oxygens (including phenoxy) is 3. The van der Waals surface area contributed by atoms with Crippen molar-refractivity contribution in [3.8, 4) is 18.1 Å². The van der Waals surface area contributed by atoms with Gasteiger partial charge in [-0.3, -0.25) is 4.79 Å². The van der Waals surface area contributed by atoms with E-state index in [0.717, 1.165) is 23.3 Å². The molecule has 0 spiro atoms. The lowest BCUT2D eigenvalue weighted by molar-refractivity contribution is -0.124. The van der Waals surface area contributed by atoms with E-state index in [1.54, 1.807) is 7.11 Å². The van der Waals surface area contributed by atoms with E-state index in [-0.39, 0.29) is 47.7 Å². The van der Waals surface area contributed by atoms with Crippen molar-refractivity contribution in [2.75, 3.05) is 13.7 Å². The zero-order valence-electron chi connectivity index (χ0n) is 28.3. The fraction of sp³-hybridized carbons (Fsp3) is 0.595. The minimum atomic E-state index is -2.05. The average Bonchev–Trinajstić information content (AvgIpc) is 2.97. The van der Waals surface area contributed by atoms with E-state index in [9.17, 15) is 9.90 Å². The zero-order valence-corrected chi connectivity index (χ0v) is 29.3. The van der Waals surface area contributed by atoms with Crippen LogP contribution in [0.3, 0.4) is 0 Å². The monoisotopic (exact) mass is 624 g/mol. The van der Waals surface area contributed by atoms with Crippen molar-refractivity contribution < 1.29 is 28.5 Å². The topological polar surface area (TPSA) is 74.2 Å². The van der Waals surface area contributed by atoms with Gasteiger partial charge in [0.25, 0.3) is 0 Å². The second kappa shape index (κ2) is 18.5. The maximum absolute atomic E-state index is 12.9. The van der Waals surface area contributed by atoms with Crippen LogP contribution in [0.1, 0.15) is 77.8 Å².